The quantitative estimate of drug-likeness (QED) is 0.431. The smallest absolute Gasteiger partial charge is 0.416 e. The van der Waals surface area contributed by atoms with E-state index < -0.39 is 11.7 Å². The summed E-state index contributed by atoms with van der Waals surface area (Å²) in [6, 6.07) is 14.5. The number of hydrogen-bond donors (Lipinski definition) is 0. The van der Waals surface area contributed by atoms with Gasteiger partial charge in [0.2, 0.25) is 0 Å². The molecule has 0 radical (unpaired) electrons. The molecule has 2 heterocycles. The summed E-state index contributed by atoms with van der Waals surface area (Å²) < 4.78 is 46.4. The maximum atomic E-state index is 13.1. The third-order valence-corrected chi connectivity index (χ3v) is 4.58. The van der Waals surface area contributed by atoms with Crippen LogP contribution in [0.2, 0.25) is 5.02 Å². The van der Waals surface area contributed by atoms with E-state index in [1.165, 1.54) is 6.07 Å². The lowest BCUT2D eigenvalue weighted by molar-refractivity contribution is -0.137. The second kappa shape index (κ2) is 6.78. The third kappa shape index (κ3) is 3.71. The molecule has 2 aromatic carbocycles. The summed E-state index contributed by atoms with van der Waals surface area (Å²) in [5, 5.41) is 0.623. The number of rotatable bonds is 4. The molecule has 0 N–H and O–H groups in total. The van der Waals surface area contributed by atoms with Gasteiger partial charge in [-0.3, -0.25) is 0 Å². The van der Waals surface area contributed by atoms with E-state index in [-0.39, 0.29) is 0 Å². The molecule has 7 heteroatoms. The van der Waals surface area contributed by atoms with E-state index in [2.05, 4.69) is 4.98 Å². The Morgan fingerprint density at radius 2 is 1.81 bits per heavy atom. The highest BCUT2D eigenvalue weighted by Crippen LogP contribution is 2.32. The fourth-order valence-electron chi connectivity index (χ4n) is 3.01. The highest BCUT2D eigenvalue weighted by Gasteiger charge is 2.31. The maximum Gasteiger partial charge on any atom is 0.416 e. The van der Waals surface area contributed by atoms with Crippen molar-refractivity contribution in [3.63, 3.8) is 0 Å². The van der Waals surface area contributed by atoms with Crippen molar-refractivity contribution in [2.45, 2.75) is 19.1 Å². The Hall–Kier alpha value is -2.73. The summed E-state index contributed by atoms with van der Waals surface area (Å²) in [6.45, 7) is 0.387. The van der Waals surface area contributed by atoms with Crippen molar-refractivity contribution in [3.05, 3.63) is 88.6 Å². The molecule has 4 rings (SSSR count). The lowest BCUT2D eigenvalue weighted by Crippen LogP contribution is -2.06. The minimum absolute atomic E-state index is 0.306. The van der Waals surface area contributed by atoms with Gasteiger partial charge in [0.05, 0.1) is 29.4 Å². The monoisotopic (exact) mass is 390 g/mol. The number of hydrogen-bond acceptors (Lipinski definition) is 2. The zero-order chi connectivity index (χ0) is 19.0. The van der Waals surface area contributed by atoms with E-state index in [9.17, 15) is 13.2 Å². The zero-order valence-electron chi connectivity index (χ0n) is 14.0. The van der Waals surface area contributed by atoms with E-state index >= 15 is 0 Å². The Morgan fingerprint density at radius 1 is 1.04 bits per heavy atom. The average molecular weight is 391 g/mol. The fourth-order valence-corrected chi connectivity index (χ4v) is 3.14. The minimum atomic E-state index is -4.41. The Labute approximate surface area is 158 Å². The number of alkyl halides is 3. The van der Waals surface area contributed by atoms with Gasteiger partial charge in [-0.2, -0.15) is 13.2 Å². The van der Waals surface area contributed by atoms with E-state index in [0.717, 1.165) is 17.7 Å². The van der Waals surface area contributed by atoms with Gasteiger partial charge in [0.25, 0.3) is 0 Å². The molecule has 0 amide bonds. The van der Waals surface area contributed by atoms with Crippen LogP contribution in [0.15, 0.2) is 65.3 Å². The number of benzene rings is 2. The van der Waals surface area contributed by atoms with Gasteiger partial charge in [0.1, 0.15) is 11.6 Å². The predicted octanol–water partition coefficient (Wildman–Crippen LogP) is 5.94. The lowest BCUT2D eigenvalue weighted by Gasteiger charge is -2.09. The number of imidazole rings is 1. The van der Waals surface area contributed by atoms with Crippen molar-refractivity contribution in [1.29, 1.82) is 0 Å². The number of furan rings is 1. The second-order valence-electron chi connectivity index (χ2n) is 6.20. The Kier molecular flexibility index (Phi) is 4.44. The SMILES string of the molecule is FC(F)(F)c1ccc2c(c1)nc(Cc1ccc(Cl)cc1)n2Cc1ccco1. The Bertz CT molecular complexity index is 1070. The molecule has 0 unspecified atom stereocenters. The molecule has 0 saturated carbocycles. The van der Waals surface area contributed by atoms with E-state index in [1.807, 2.05) is 22.8 Å². The summed E-state index contributed by atoms with van der Waals surface area (Å²) >= 11 is 5.93. The fraction of sp³-hybridized carbons (Fsp3) is 0.150. The van der Waals surface area contributed by atoms with Crippen molar-refractivity contribution < 1.29 is 17.6 Å². The Balaban J connectivity index is 1.80. The average Bonchev–Trinajstić information content (AvgIpc) is 3.25. The second-order valence-corrected chi connectivity index (χ2v) is 6.63. The summed E-state index contributed by atoms with van der Waals surface area (Å²) in [6.07, 6.45) is -2.38. The largest absolute Gasteiger partial charge is 0.467 e. The summed E-state index contributed by atoms with van der Waals surface area (Å²) in [4.78, 5) is 4.47. The third-order valence-electron chi connectivity index (χ3n) is 4.32. The van der Waals surface area contributed by atoms with Gasteiger partial charge in [-0.25, -0.2) is 4.98 Å². The first-order valence-corrected chi connectivity index (χ1v) is 8.61. The van der Waals surface area contributed by atoms with Crippen LogP contribution in [0.1, 0.15) is 22.7 Å². The molecular formula is C20H14ClF3N2O. The van der Waals surface area contributed by atoms with Crippen LogP contribution in [-0.2, 0) is 19.1 Å². The normalized spacial score (nSPS) is 12.0. The molecule has 0 spiro atoms. The first-order chi connectivity index (χ1) is 12.9. The number of aromatic nitrogens is 2. The van der Waals surface area contributed by atoms with Crippen molar-refractivity contribution in [2.24, 2.45) is 0 Å². The highest BCUT2D eigenvalue weighted by molar-refractivity contribution is 6.30. The van der Waals surface area contributed by atoms with Gasteiger partial charge in [-0.1, -0.05) is 23.7 Å². The highest BCUT2D eigenvalue weighted by atomic mass is 35.5. The summed E-state index contributed by atoms with van der Waals surface area (Å²) in [7, 11) is 0. The minimum Gasteiger partial charge on any atom is -0.467 e. The van der Waals surface area contributed by atoms with Gasteiger partial charge in [0, 0.05) is 11.4 Å². The molecule has 3 nitrogen and oxygen atoms in total. The molecule has 4 aromatic rings. The number of fused-ring (bicyclic) bond motifs is 1. The van der Waals surface area contributed by atoms with Gasteiger partial charge < -0.3 is 8.98 Å². The van der Waals surface area contributed by atoms with Crippen LogP contribution in [0.4, 0.5) is 13.2 Å². The first-order valence-electron chi connectivity index (χ1n) is 8.23. The van der Waals surface area contributed by atoms with E-state index in [0.29, 0.717) is 40.6 Å². The molecule has 0 aliphatic carbocycles. The lowest BCUT2D eigenvalue weighted by atomic mass is 10.1. The first kappa shape index (κ1) is 17.7. The summed E-state index contributed by atoms with van der Waals surface area (Å²) in [5.74, 6) is 1.36. The standard InChI is InChI=1S/C20H14ClF3N2O/c21-15-6-3-13(4-7-15)10-19-25-17-11-14(20(22,23)24)5-8-18(17)26(19)12-16-2-1-9-27-16/h1-9,11H,10,12H2. The van der Waals surface area contributed by atoms with Gasteiger partial charge >= 0.3 is 6.18 Å². The Morgan fingerprint density at radius 3 is 2.48 bits per heavy atom. The number of nitrogens with zero attached hydrogens (tertiary/aromatic N) is 2. The van der Waals surface area contributed by atoms with Crippen molar-refractivity contribution in [3.8, 4) is 0 Å². The van der Waals surface area contributed by atoms with Gasteiger partial charge in [-0.05, 0) is 48.0 Å². The molecule has 138 valence electrons. The van der Waals surface area contributed by atoms with Crippen molar-refractivity contribution in [1.82, 2.24) is 9.55 Å². The molecule has 0 atom stereocenters. The van der Waals surface area contributed by atoms with Crippen LogP contribution in [0.5, 0.6) is 0 Å². The van der Waals surface area contributed by atoms with Crippen LogP contribution in [0.25, 0.3) is 11.0 Å². The molecule has 0 fully saturated rings. The van der Waals surface area contributed by atoms with Crippen LogP contribution in [-0.4, -0.2) is 9.55 Å². The summed E-state index contributed by atoms with van der Waals surface area (Å²) in [5.41, 5.74) is 1.19. The molecule has 0 bridgehead atoms. The molecular weight excluding hydrogens is 377 g/mol. The molecule has 0 saturated heterocycles. The molecule has 2 aromatic heterocycles. The van der Waals surface area contributed by atoms with E-state index in [1.54, 1.807) is 24.5 Å². The molecule has 27 heavy (non-hydrogen) atoms. The zero-order valence-corrected chi connectivity index (χ0v) is 14.8. The van der Waals surface area contributed by atoms with Gasteiger partial charge in [0.15, 0.2) is 0 Å². The van der Waals surface area contributed by atoms with Crippen molar-refractivity contribution >= 4 is 22.6 Å². The number of halogens is 4. The van der Waals surface area contributed by atoms with Crippen LogP contribution in [0.3, 0.4) is 0 Å². The van der Waals surface area contributed by atoms with Crippen LogP contribution in [0, 0.1) is 0 Å². The van der Waals surface area contributed by atoms with Crippen molar-refractivity contribution in [2.75, 3.05) is 0 Å². The molecule has 0 aliphatic rings. The molecule has 0 aliphatic heterocycles. The maximum absolute atomic E-state index is 13.1. The topological polar surface area (TPSA) is 31.0 Å². The van der Waals surface area contributed by atoms with E-state index in [4.69, 9.17) is 16.0 Å². The van der Waals surface area contributed by atoms with Crippen LogP contribution < -0.4 is 0 Å². The van der Waals surface area contributed by atoms with Crippen LogP contribution >= 0.6 is 11.6 Å². The predicted molar refractivity (Wildman–Crippen MR) is 96.8 cm³/mol. The van der Waals surface area contributed by atoms with Gasteiger partial charge in [-0.15, -0.1) is 0 Å².